The Morgan fingerprint density at radius 1 is 0.949 bits per heavy atom. The molecule has 2 saturated carbocycles. The van der Waals surface area contributed by atoms with Crippen LogP contribution in [0.15, 0.2) is 30.3 Å². The molecule has 2 aliphatic carbocycles. The second-order valence-corrected chi connectivity index (χ2v) is 11.3. The number of carbonyl (C=O) groups is 3. The van der Waals surface area contributed by atoms with Crippen LogP contribution in [0.1, 0.15) is 88.5 Å². The van der Waals surface area contributed by atoms with E-state index in [0.29, 0.717) is 24.3 Å². The van der Waals surface area contributed by atoms with Gasteiger partial charge in [-0.15, -0.1) is 0 Å². The molecule has 7 nitrogen and oxygen atoms in total. The highest BCUT2D eigenvalue weighted by molar-refractivity contribution is 5.88. The fourth-order valence-corrected chi connectivity index (χ4v) is 6.23. The first-order chi connectivity index (χ1) is 18.6. The highest BCUT2D eigenvalue weighted by Crippen LogP contribution is 2.39. The Morgan fingerprint density at radius 3 is 2.15 bits per heavy atom. The van der Waals surface area contributed by atoms with Crippen LogP contribution in [0.25, 0.3) is 0 Å². The molecule has 1 saturated heterocycles. The molecule has 39 heavy (non-hydrogen) atoms. The highest BCUT2D eigenvalue weighted by Gasteiger charge is 2.37. The maximum atomic E-state index is 13.5. The number of carbonyl (C=O) groups excluding carboxylic acids is 3. The molecule has 1 heterocycles. The van der Waals surface area contributed by atoms with E-state index in [1.807, 2.05) is 11.0 Å². The van der Waals surface area contributed by atoms with Crippen LogP contribution in [0, 0.1) is 11.8 Å². The molecule has 4 rings (SSSR count). The van der Waals surface area contributed by atoms with Gasteiger partial charge in [-0.1, -0.05) is 49.6 Å². The monoisotopic (exact) mass is 553 g/mol. The zero-order valence-electron chi connectivity index (χ0n) is 22.6. The van der Waals surface area contributed by atoms with Gasteiger partial charge in [0.2, 0.25) is 11.8 Å². The van der Waals surface area contributed by atoms with Gasteiger partial charge in [0, 0.05) is 19.5 Å². The number of halogens is 3. The number of nitrogens with one attached hydrogen (secondary N) is 1. The number of rotatable bonds is 7. The summed E-state index contributed by atoms with van der Waals surface area (Å²) in [6, 6.07) is 10.9. The smallest absolute Gasteiger partial charge is 0.430 e. The number of carboxylic acid groups (broad SMARTS) is 1. The molecule has 2 amide bonds. The summed E-state index contributed by atoms with van der Waals surface area (Å²) in [4.78, 5) is 37.1. The van der Waals surface area contributed by atoms with Crippen molar-refractivity contribution >= 4 is 17.8 Å². The van der Waals surface area contributed by atoms with Crippen LogP contribution in [0.5, 0.6) is 0 Å². The Labute approximate surface area is 228 Å². The zero-order valence-corrected chi connectivity index (χ0v) is 22.6. The van der Waals surface area contributed by atoms with Crippen LogP contribution in [0.2, 0.25) is 0 Å². The third-order valence-corrected chi connectivity index (χ3v) is 8.48. The van der Waals surface area contributed by atoms with Crippen LogP contribution in [0.4, 0.5) is 13.2 Å². The Morgan fingerprint density at radius 2 is 1.56 bits per heavy atom. The van der Waals surface area contributed by atoms with E-state index in [9.17, 15) is 22.8 Å². The van der Waals surface area contributed by atoms with E-state index in [1.165, 1.54) is 37.7 Å². The minimum atomic E-state index is -5.19. The predicted octanol–water partition coefficient (Wildman–Crippen LogP) is 2.95. The molecule has 0 unspecified atom stereocenters. The zero-order chi connectivity index (χ0) is 28.4. The van der Waals surface area contributed by atoms with Crippen molar-refractivity contribution in [3.63, 3.8) is 0 Å². The summed E-state index contributed by atoms with van der Waals surface area (Å²) in [5, 5.41) is 12.0. The molecule has 1 aliphatic heterocycles. The predicted molar refractivity (Wildman–Crippen MR) is 138 cm³/mol. The lowest BCUT2D eigenvalue weighted by Gasteiger charge is -2.33. The molecule has 4 N–H and O–H groups in total. The molecule has 3 aliphatic rings. The van der Waals surface area contributed by atoms with Crippen molar-refractivity contribution < 1.29 is 38.4 Å². The number of hydrogen-bond acceptors (Lipinski definition) is 4. The molecule has 3 fully saturated rings. The van der Waals surface area contributed by atoms with Gasteiger partial charge in [0.25, 0.3) is 0 Å². The lowest BCUT2D eigenvalue weighted by atomic mass is 9.75. The van der Waals surface area contributed by atoms with Gasteiger partial charge >= 0.3 is 6.18 Å². The van der Waals surface area contributed by atoms with E-state index in [4.69, 9.17) is 9.90 Å². The van der Waals surface area contributed by atoms with E-state index < -0.39 is 12.1 Å². The lowest BCUT2D eigenvalue weighted by Crippen LogP contribution is -2.62. The third-order valence-electron chi connectivity index (χ3n) is 8.48. The minimum Gasteiger partial charge on any atom is -0.542 e. The summed E-state index contributed by atoms with van der Waals surface area (Å²) < 4.78 is 31.5. The van der Waals surface area contributed by atoms with Crippen molar-refractivity contribution in [2.75, 3.05) is 13.1 Å². The molecule has 218 valence electrons. The van der Waals surface area contributed by atoms with Crippen molar-refractivity contribution in [1.82, 2.24) is 10.2 Å². The van der Waals surface area contributed by atoms with Crippen LogP contribution in [-0.4, -0.2) is 54.0 Å². The fraction of sp³-hybridized carbons (Fsp3) is 0.690. The normalized spacial score (nSPS) is 24.8. The van der Waals surface area contributed by atoms with Gasteiger partial charge in [-0.2, -0.15) is 13.2 Å². The fourth-order valence-electron chi connectivity index (χ4n) is 6.23. The number of carboxylic acids is 1. The summed E-state index contributed by atoms with van der Waals surface area (Å²) in [7, 11) is 0. The average Bonchev–Trinajstić information content (AvgIpc) is 3.42. The maximum Gasteiger partial charge on any atom is 0.430 e. The molecule has 1 aromatic rings. The summed E-state index contributed by atoms with van der Waals surface area (Å²) in [6.07, 6.45) is 7.98. The van der Waals surface area contributed by atoms with Gasteiger partial charge in [0.1, 0.15) is 12.0 Å². The van der Waals surface area contributed by atoms with E-state index in [2.05, 4.69) is 35.3 Å². The van der Waals surface area contributed by atoms with Gasteiger partial charge < -0.3 is 25.9 Å². The van der Waals surface area contributed by atoms with Crippen molar-refractivity contribution in [2.45, 2.75) is 101 Å². The van der Waals surface area contributed by atoms with Crippen LogP contribution >= 0.6 is 0 Å². The van der Waals surface area contributed by atoms with E-state index in [1.54, 1.807) is 0 Å². The van der Waals surface area contributed by atoms with Gasteiger partial charge in [0.15, 0.2) is 0 Å². The van der Waals surface area contributed by atoms with Crippen molar-refractivity contribution in [3.8, 4) is 0 Å². The Bertz CT molecular complexity index is 929. The molecule has 2 atom stereocenters. The molecule has 0 radical (unpaired) electrons. The third kappa shape index (κ3) is 9.51. The average molecular weight is 554 g/mol. The molecular formula is C29H42F3N3O4. The van der Waals surface area contributed by atoms with Gasteiger partial charge in [-0.05, 0) is 74.7 Å². The molecular weight excluding hydrogens is 511 g/mol. The first kappa shape index (κ1) is 30.9. The summed E-state index contributed by atoms with van der Waals surface area (Å²) in [5.41, 5.74) is 5.45. The topological polar surface area (TPSA) is 117 Å². The second-order valence-electron chi connectivity index (χ2n) is 11.3. The lowest BCUT2D eigenvalue weighted by molar-refractivity contribution is -0.426. The summed E-state index contributed by atoms with van der Waals surface area (Å²) in [5.74, 6) is -1.37. The number of alkyl halides is 3. The first-order valence-corrected chi connectivity index (χ1v) is 14.3. The van der Waals surface area contributed by atoms with E-state index >= 15 is 0 Å². The quantitative estimate of drug-likeness (QED) is 0.540. The second kappa shape index (κ2) is 14.7. The molecule has 0 aromatic heterocycles. The number of nitrogens with zero attached hydrogens (tertiary/aromatic N) is 1. The number of amides is 2. The van der Waals surface area contributed by atoms with Crippen molar-refractivity contribution in [3.05, 3.63) is 35.9 Å². The number of hydrogen-bond donors (Lipinski definition) is 2. The number of aliphatic carboxylic acids is 1. The largest absolute Gasteiger partial charge is 0.542 e. The van der Waals surface area contributed by atoms with Gasteiger partial charge in [0.05, 0.1) is 6.04 Å². The van der Waals surface area contributed by atoms with E-state index in [0.717, 1.165) is 51.6 Å². The highest BCUT2D eigenvalue weighted by atomic mass is 19.4. The van der Waals surface area contributed by atoms with Crippen LogP contribution in [0.3, 0.4) is 0 Å². The number of quaternary nitrogens is 1. The minimum absolute atomic E-state index is 0.0570. The van der Waals surface area contributed by atoms with Crippen LogP contribution in [-0.2, 0) is 14.4 Å². The van der Waals surface area contributed by atoms with Crippen LogP contribution < -0.4 is 16.2 Å². The summed E-state index contributed by atoms with van der Waals surface area (Å²) >= 11 is 0. The molecule has 0 bridgehead atoms. The summed E-state index contributed by atoms with van der Waals surface area (Å²) in [6.45, 7) is 1.47. The Hall–Kier alpha value is -2.62. The van der Waals surface area contributed by atoms with Crippen molar-refractivity contribution in [1.29, 1.82) is 0 Å². The maximum absolute atomic E-state index is 13.5. The Kier molecular flexibility index (Phi) is 11.6. The SMILES string of the molecule is O=C([O-])C(F)(F)F.[NH3+]C1CCC(CNC(=O)[C@@H]2CCCN2C(=O)C[C@@H](c2ccccc2)C2CCCCC2)CC1. The number of benzene rings is 1. The van der Waals surface area contributed by atoms with Gasteiger partial charge in [-0.3, -0.25) is 9.59 Å². The molecule has 1 aromatic carbocycles. The number of likely N-dealkylation sites (tertiary alicyclic amines) is 1. The molecule has 10 heteroatoms. The van der Waals surface area contributed by atoms with Crippen molar-refractivity contribution in [2.24, 2.45) is 11.8 Å². The Balaban J connectivity index is 0.000000532. The standard InChI is InChI=1S/C27H41N3O2.C2HF3O2/c28-23-15-13-20(14-16-23)19-29-27(32)25-12-7-17-30(25)26(31)18-24(21-8-3-1-4-9-21)22-10-5-2-6-11-22;3-2(4,5)1(6)7/h1,3-4,8-9,20,22-25H,2,5-7,10-19,28H2,(H,29,32);(H,6,7)/t20?,23?,24-,25-;/m0./s1. The molecule has 0 spiro atoms. The van der Waals surface area contributed by atoms with E-state index in [-0.39, 0.29) is 23.8 Å². The van der Waals surface area contributed by atoms with Gasteiger partial charge in [-0.25, -0.2) is 0 Å². The first-order valence-electron chi connectivity index (χ1n) is 14.3.